The molecular weight excluding hydrogens is 238 g/mol. The lowest BCUT2D eigenvalue weighted by Crippen LogP contribution is -2.53. The second-order valence-corrected chi connectivity index (χ2v) is 5.84. The molecule has 1 aliphatic heterocycles. The smallest absolute Gasteiger partial charge is 0.226 e. The highest BCUT2D eigenvalue weighted by Crippen LogP contribution is 2.48. The molecule has 2 fully saturated rings. The molecule has 1 amide bonds. The zero-order valence-corrected chi connectivity index (χ0v) is 11.6. The van der Waals surface area contributed by atoms with Crippen molar-refractivity contribution in [1.82, 2.24) is 4.90 Å². The molecular formula is C16H21NO2. The van der Waals surface area contributed by atoms with Crippen LogP contribution < -0.4 is 0 Å². The van der Waals surface area contributed by atoms with Crippen LogP contribution in [0.15, 0.2) is 30.3 Å². The first-order valence-electron chi connectivity index (χ1n) is 7.13. The predicted octanol–water partition coefficient (Wildman–Crippen LogP) is 2.43. The molecule has 102 valence electrons. The van der Waals surface area contributed by atoms with Crippen molar-refractivity contribution in [2.45, 2.75) is 38.3 Å². The molecule has 0 unspecified atom stereocenters. The molecule has 3 rings (SSSR count). The third-order valence-electron chi connectivity index (χ3n) is 4.26. The second-order valence-electron chi connectivity index (χ2n) is 5.84. The van der Waals surface area contributed by atoms with Crippen LogP contribution in [0.1, 0.15) is 31.7 Å². The molecule has 2 aliphatic rings. The Morgan fingerprint density at radius 1 is 1.16 bits per heavy atom. The Morgan fingerprint density at radius 3 is 2.42 bits per heavy atom. The fraction of sp³-hybridized carbons (Fsp3) is 0.562. The minimum absolute atomic E-state index is 0.186. The van der Waals surface area contributed by atoms with Crippen LogP contribution in [0.25, 0.3) is 0 Å². The lowest BCUT2D eigenvalue weighted by atomic mass is 10.1. The summed E-state index contributed by atoms with van der Waals surface area (Å²) < 4.78 is 5.49. The Labute approximate surface area is 114 Å². The van der Waals surface area contributed by atoms with E-state index in [9.17, 15) is 4.79 Å². The predicted molar refractivity (Wildman–Crippen MR) is 73.9 cm³/mol. The highest BCUT2D eigenvalue weighted by molar-refractivity contribution is 5.83. The van der Waals surface area contributed by atoms with Crippen LogP contribution in [-0.4, -0.2) is 36.1 Å². The van der Waals surface area contributed by atoms with Crippen molar-refractivity contribution < 1.29 is 9.53 Å². The Morgan fingerprint density at radius 2 is 1.79 bits per heavy atom. The van der Waals surface area contributed by atoms with Crippen LogP contribution in [0.3, 0.4) is 0 Å². The van der Waals surface area contributed by atoms with Gasteiger partial charge in [0, 0.05) is 5.92 Å². The quantitative estimate of drug-likeness (QED) is 0.816. The maximum Gasteiger partial charge on any atom is 0.226 e. The van der Waals surface area contributed by atoms with Gasteiger partial charge in [-0.1, -0.05) is 30.3 Å². The van der Waals surface area contributed by atoms with Gasteiger partial charge in [0.25, 0.3) is 0 Å². The van der Waals surface area contributed by atoms with Gasteiger partial charge in [-0.15, -0.1) is 0 Å². The first-order chi connectivity index (χ1) is 9.18. The van der Waals surface area contributed by atoms with E-state index in [0.717, 1.165) is 6.42 Å². The Bertz CT molecular complexity index is 449. The Kier molecular flexibility index (Phi) is 3.31. The molecule has 0 radical (unpaired) electrons. The van der Waals surface area contributed by atoms with Crippen molar-refractivity contribution in [1.29, 1.82) is 0 Å². The van der Waals surface area contributed by atoms with Crippen LogP contribution in [0.4, 0.5) is 0 Å². The van der Waals surface area contributed by atoms with Crippen molar-refractivity contribution in [3.63, 3.8) is 0 Å². The zero-order chi connectivity index (χ0) is 13.4. The number of carbonyl (C=O) groups excluding carboxylic acids is 1. The van der Waals surface area contributed by atoms with E-state index in [-0.39, 0.29) is 18.0 Å². The number of benzene rings is 1. The van der Waals surface area contributed by atoms with E-state index in [4.69, 9.17) is 4.74 Å². The normalized spacial score (nSPS) is 34.1. The summed E-state index contributed by atoms with van der Waals surface area (Å²) >= 11 is 0. The Balaban J connectivity index is 1.69. The summed E-state index contributed by atoms with van der Waals surface area (Å²) in [5, 5.41) is 0. The average Bonchev–Trinajstić information content (AvgIpc) is 3.19. The van der Waals surface area contributed by atoms with Crippen molar-refractivity contribution in [2.75, 3.05) is 13.2 Å². The summed E-state index contributed by atoms with van der Waals surface area (Å²) in [4.78, 5) is 14.7. The van der Waals surface area contributed by atoms with Gasteiger partial charge in [0.15, 0.2) is 0 Å². The number of morpholine rings is 1. The van der Waals surface area contributed by atoms with Crippen molar-refractivity contribution >= 4 is 5.91 Å². The van der Waals surface area contributed by atoms with Gasteiger partial charge < -0.3 is 9.64 Å². The van der Waals surface area contributed by atoms with Gasteiger partial charge in [0.05, 0.1) is 25.3 Å². The molecule has 3 nitrogen and oxygen atoms in total. The van der Waals surface area contributed by atoms with E-state index < -0.39 is 0 Å². The molecule has 4 atom stereocenters. The van der Waals surface area contributed by atoms with Gasteiger partial charge in [-0.2, -0.15) is 0 Å². The SMILES string of the molecule is C[C@@H]1COC[C@H](C)N1C(=O)[C@H]1C[C@H]1c1ccccc1. The number of amides is 1. The fourth-order valence-electron chi connectivity index (χ4n) is 3.17. The lowest BCUT2D eigenvalue weighted by Gasteiger charge is -2.39. The van der Waals surface area contributed by atoms with Gasteiger partial charge in [0.1, 0.15) is 0 Å². The zero-order valence-electron chi connectivity index (χ0n) is 11.6. The number of nitrogens with zero attached hydrogens (tertiary/aromatic N) is 1. The molecule has 3 heteroatoms. The molecule has 1 aromatic rings. The summed E-state index contributed by atoms with van der Waals surface area (Å²) in [5.41, 5.74) is 1.30. The first kappa shape index (κ1) is 12.7. The minimum atomic E-state index is 0.186. The first-order valence-corrected chi connectivity index (χ1v) is 7.13. The summed E-state index contributed by atoms with van der Waals surface area (Å²) in [6.07, 6.45) is 1.000. The van der Waals surface area contributed by atoms with Gasteiger partial charge in [-0.25, -0.2) is 0 Å². The summed E-state index contributed by atoms with van der Waals surface area (Å²) in [6.45, 7) is 5.48. The molecule has 0 N–H and O–H groups in total. The number of hydrogen-bond acceptors (Lipinski definition) is 2. The van der Waals surface area contributed by atoms with E-state index in [1.165, 1.54) is 5.56 Å². The van der Waals surface area contributed by atoms with Crippen molar-refractivity contribution in [2.24, 2.45) is 5.92 Å². The van der Waals surface area contributed by atoms with Crippen LogP contribution in [0.2, 0.25) is 0 Å². The largest absolute Gasteiger partial charge is 0.377 e. The fourth-order valence-corrected chi connectivity index (χ4v) is 3.17. The molecule has 1 aliphatic carbocycles. The molecule has 1 aromatic carbocycles. The van der Waals surface area contributed by atoms with E-state index in [2.05, 4.69) is 38.1 Å². The summed E-state index contributed by atoms with van der Waals surface area (Å²) in [5.74, 6) is 0.929. The highest BCUT2D eigenvalue weighted by atomic mass is 16.5. The number of ether oxygens (including phenoxy) is 1. The summed E-state index contributed by atoms with van der Waals surface area (Å²) in [6, 6.07) is 10.8. The Hall–Kier alpha value is -1.35. The van der Waals surface area contributed by atoms with Crippen LogP contribution in [-0.2, 0) is 9.53 Å². The van der Waals surface area contributed by atoms with Crippen LogP contribution in [0, 0.1) is 5.92 Å². The van der Waals surface area contributed by atoms with Gasteiger partial charge >= 0.3 is 0 Å². The topological polar surface area (TPSA) is 29.5 Å². The van der Waals surface area contributed by atoms with E-state index in [1.807, 2.05) is 11.0 Å². The standard InChI is InChI=1S/C16H21NO2/c1-11-9-19-10-12(2)17(11)16(18)15-8-14(15)13-6-4-3-5-7-13/h3-7,11-12,14-15H,8-10H2,1-2H3/t11-,12+,14-,15-/m0/s1. The molecule has 1 heterocycles. The number of rotatable bonds is 2. The third-order valence-corrected chi connectivity index (χ3v) is 4.26. The monoisotopic (exact) mass is 259 g/mol. The molecule has 0 bridgehead atoms. The van der Waals surface area contributed by atoms with E-state index in [1.54, 1.807) is 0 Å². The third kappa shape index (κ3) is 2.39. The maximum absolute atomic E-state index is 12.6. The maximum atomic E-state index is 12.6. The van der Waals surface area contributed by atoms with Crippen molar-refractivity contribution in [3.05, 3.63) is 35.9 Å². The average molecular weight is 259 g/mol. The van der Waals surface area contributed by atoms with E-state index >= 15 is 0 Å². The number of hydrogen-bond donors (Lipinski definition) is 0. The van der Waals surface area contributed by atoms with Crippen LogP contribution in [0.5, 0.6) is 0 Å². The molecule has 0 spiro atoms. The molecule has 1 saturated heterocycles. The van der Waals surface area contributed by atoms with Gasteiger partial charge in [-0.05, 0) is 31.7 Å². The molecule has 19 heavy (non-hydrogen) atoms. The van der Waals surface area contributed by atoms with Gasteiger partial charge in [-0.3, -0.25) is 4.79 Å². The van der Waals surface area contributed by atoms with Crippen molar-refractivity contribution in [3.8, 4) is 0 Å². The minimum Gasteiger partial charge on any atom is -0.377 e. The lowest BCUT2D eigenvalue weighted by molar-refractivity contribution is -0.145. The molecule has 1 saturated carbocycles. The van der Waals surface area contributed by atoms with Gasteiger partial charge in [0.2, 0.25) is 5.91 Å². The second kappa shape index (κ2) is 4.97. The molecule has 0 aromatic heterocycles. The highest BCUT2D eigenvalue weighted by Gasteiger charge is 2.47. The summed E-state index contributed by atoms with van der Waals surface area (Å²) in [7, 11) is 0. The van der Waals surface area contributed by atoms with Crippen LogP contribution >= 0.6 is 0 Å². The number of carbonyl (C=O) groups is 1. The van der Waals surface area contributed by atoms with E-state index in [0.29, 0.717) is 25.0 Å².